The van der Waals surface area contributed by atoms with Gasteiger partial charge in [-0.3, -0.25) is 9.52 Å². The molecule has 2 N–H and O–H groups in total. The first kappa shape index (κ1) is 20.6. The normalized spacial score (nSPS) is 12.3. The van der Waals surface area contributed by atoms with Gasteiger partial charge in [0.05, 0.1) is 10.9 Å². The standard InChI is InChI=1S/C25H22N2O3S/c1-18(23-13-7-9-19-8-5-6-12-24(19)23)26-25(28)20-14-16-21(17-15-20)27-31(29,30)22-10-3-2-4-11-22/h2-18,27H,1H3,(H,26,28). The van der Waals surface area contributed by atoms with E-state index in [1.54, 1.807) is 42.5 Å². The molecule has 0 spiro atoms. The first-order valence-electron chi connectivity index (χ1n) is 9.90. The van der Waals surface area contributed by atoms with E-state index in [4.69, 9.17) is 0 Å². The molecule has 1 amide bonds. The zero-order valence-corrected chi connectivity index (χ0v) is 17.8. The van der Waals surface area contributed by atoms with Crippen LogP contribution < -0.4 is 10.0 Å². The van der Waals surface area contributed by atoms with Gasteiger partial charge in [-0.25, -0.2) is 8.42 Å². The van der Waals surface area contributed by atoms with Crippen LogP contribution in [0.2, 0.25) is 0 Å². The molecule has 4 rings (SSSR count). The van der Waals surface area contributed by atoms with Crippen LogP contribution in [0.1, 0.15) is 28.9 Å². The molecule has 0 saturated carbocycles. The van der Waals surface area contributed by atoms with Crippen LogP contribution in [0.4, 0.5) is 5.69 Å². The van der Waals surface area contributed by atoms with Gasteiger partial charge in [-0.05, 0) is 59.7 Å². The molecule has 0 aliphatic rings. The molecule has 5 nitrogen and oxygen atoms in total. The number of carbonyl (C=O) groups is 1. The number of benzene rings is 4. The molecule has 0 aliphatic carbocycles. The Morgan fingerprint density at radius 3 is 2.16 bits per heavy atom. The number of rotatable bonds is 6. The summed E-state index contributed by atoms with van der Waals surface area (Å²) in [6, 6.07) is 28.4. The van der Waals surface area contributed by atoms with Crippen LogP contribution in [0.15, 0.2) is 102 Å². The molecule has 1 atom stereocenters. The highest BCUT2D eigenvalue weighted by atomic mass is 32.2. The average Bonchev–Trinajstić information content (AvgIpc) is 2.79. The number of hydrogen-bond donors (Lipinski definition) is 2. The molecule has 0 aromatic heterocycles. The number of carbonyl (C=O) groups excluding carboxylic acids is 1. The van der Waals surface area contributed by atoms with Crippen molar-refractivity contribution in [2.24, 2.45) is 0 Å². The van der Waals surface area contributed by atoms with E-state index in [-0.39, 0.29) is 16.8 Å². The Kier molecular flexibility index (Phi) is 5.73. The molecule has 1 unspecified atom stereocenters. The van der Waals surface area contributed by atoms with Crippen molar-refractivity contribution in [3.63, 3.8) is 0 Å². The van der Waals surface area contributed by atoms with Crippen LogP contribution in [0, 0.1) is 0 Å². The first-order valence-corrected chi connectivity index (χ1v) is 11.4. The third kappa shape index (κ3) is 4.59. The Morgan fingerprint density at radius 1 is 0.774 bits per heavy atom. The van der Waals surface area contributed by atoms with Crippen molar-refractivity contribution in [2.45, 2.75) is 17.9 Å². The maximum Gasteiger partial charge on any atom is 0.261 e. The summed E-state index contributed by atoms with van der Waals surface area (Å²) in [5.74, 6) is -0.224. The van der Waals surface area contributed by atoms with Gasteiger partial charge in [-0.2, -0.15) is 0 Å². The Labute approximate surface area is 181 Å². The van der Waals surface area contributed by atoms with Crippen LogP contribution in [-0.2, 0) is 10.0 Å². The van der Waals surface area contributed by atoms with Crippen molar-refractivity contribution in [3.05, 3.63) is 108 Å². The van der Waals surface area contributed by atoms with Gasteiger partial charge < -0.3 is 5.32 Å². The number of fused-ring (bicyclic) bond motifs is 1. The minimum absolute atomic E-state index is 0.181. The summed E-state index contributed by atoms with van der Waals surface area (Å²) in [6.45, 7) is 1.95. The van der Waals surface area contributed by atoms with E-state index in [0.29, 0.717) is 11.3 Å². The quantitative estimate of drug-likeness (QED) is 0.445. The molecule has 31 heavy (non-hydrogen) atoms. The van der Waals surface area contributed by atoms with Gasteiger partial charge in [0.25, 0.3) is 15.9 Å². The van der Waals surface area contributed by atoms with Gasteiger partial charge in [0, 0.05) is 11.3 Å². The Balaban J connectivity index is 1.47. The predicted octanol–water partition coefficient (Wildman–Crippen LogP) is 5.13. The van der Waals surface area contributed by atoms with Crippen LogP contribution in [0.25, 0.3) is 10.8 Å². The number of nitrogens with one attached hydrogen (secondary N) is 2. The molecule has 0 saturated heterocycles. The molecular weight excluding hydrogens is 408 g/mol. The molecule has 4 aromatic rings. The van der Waals surface area contributed by atoms with Gasteiger partial charge in [-0.1, -0.05) is 60.7 Å². The predicted molar refractivity (Wildman–Crippen MR) is 124 cm³/mol. The maximum atomic E-state index is 12.7. The van der Waals surface area contributed by atoms with E-state index in [0.717, 1.165) is 16.3 Å². The zero-order chi connectivity index (χ0) is 21.8. The lowest BCUT2D eigenvalue weighted by Gasteiger charge is -2.17. The van der Waals surface area contributed by atoms with E-state index in [9.17, 15) is 13.2 Å². The maximum absolute atomic E-state index is 12.7. The van der Waals surface area contributed by atoms with Crippen LogP contribution in [0.5, 0.6) is 0 Å². The molecule has 0 aliphatic heterocycles. The Morgan fingerprint density at radius 2 is 1.42 bits per heavy atom. The minimum atomic E-state index is -3.67. The summed E-state index contributed by atoms with van der Waals surface area (Å²) in [5, 5.41) is 5.24. The number of sulfonamides is 1. The van der Waals surface area contributed by atoms with Crippen molar-refractivity contribution in [2.75, 3.05) is 4.72 Å². The van der Waals surface area contributed by atoms with Crippen molar-refractivity contribution >= 4 is 32.4 Å². The fourth-order valence-corrected chi connectivity index (χ4v) is 4.57. The van der Waals surface area contributed by atoms with Crippen molar-refractivity contribution < 1.29 is 13.2 Å². The van der Waals surface area contributed by atoms with E-state index in [1.807, 2.05) is 49.4 Å². The van der Waals surface area contributed by atoms with Crippen molar-refractivity contribution in [3.8, 4) is 0 Å². The molecule has 156 valence electrons. The van der Waals surface area contributed by atoms with Crippen LogP contribution in [-0.4, -0.2) is 14.3 Å². The van der Waals surface area contributed by atoms with Crippen molar-refractivity contribution in [1.82, 2.24) is 5.32 Å². The fraction of sp³-hybridized carbons (Fsp3) is 0.0800. The lowest BCUT2D eigenvalue weighted by molar-refractivity contribution is 0.0940. The smallest absolute Gasteiger partial charge is 0.261 e. The van der Waals surface area contributed by atoms with Crippen LogP contribution >= 0.6 is 0 Å². The number of anilines is 1. The molecule has 0 heterocycles. The monoisotopic (exact) mass is 430 g/mol. The lowest BCUT2D eigenvalue weighted by atomic mass is 9.99. The van der Waals surface area contributed by atoms with Crippen LogP contribution in [0.3, 0.4) is 0 Å². The van der Waals surface area contributed by atoms with Gasteiger partial charge in [0.15, 0.2) is 0 Å². The molecule has 0 bridgehead atoms. The lowest BCUT2D eigenvalue weighted by Crippen LogP contribution is -2.26. The molecule has 0 radical (unpaired) electrons. The highest BCUT2D eigenvalue weighted by molar-refractivity contribution is 7.92. The summed E-state index contributed by atoms with van der Waals surface area (Å²) in [4.78, 5) is 12.9. The second kappa shape index (κ2) is 8.62. The summed E-state index contributed by atoms with van der Waals surface area (Å²) in [5.41, 5.74) is 1.89. The van der Waals surface area contributed by atoms with Gasteiger partial charge in [-0.15, -0.1) is 0 Å². The minimum Gasteiger partial charge on any atom is -0.345 e. The molecule has 6 heteroatoms. The number of amides is 1. The number of hydrogen-bond acceptors (Lipinski definition) is 3. The second-order valence-corrected chi connectivity index (χ2v) is 8.94. The zero-order valence-electron chi connectivity index (χ0n) is 16.9. The van der Waals surface area contributed by atoms with E-state index >= 15 is 0 Å². The van der Waals surface area contributed by atoms with E-state index < -0.39 is 10.0 Å². The molecule has 0 fully saturated rings. The summed E-state index contributed by atoms with van der Waals surface area (Å²) in [6.07, 6.45) is 0. The summed E-state index contributed by atoms with van der Waals surface area (Å²) in [7, 11) is -3.67. The summed E-state index contributed by atoms with van der Waals surface area (Å²) >= 11 is 0. The molecular formula is C25H22N2O3S. The van der Waals surface area contributed by atoms with Gasteiger partial charge >= 0.3 is 0 Å². The average molecular weight is 431 g/mol. The second-order valence-electron chi connectivity index (χ2n) is 7.26. The topological polar surface area (TPSA) is 75.3 Å². The highest BCUT2D eigenvalue weighted by Gasteiger charge is 2.16. The fourth-order valence-electron chi connectivity index (χ4n) is 3.49. The Bertz CT molecular complexity index is 1310. The highest BCUT2D eigenvalue weighted by Crippen LogP contribution is 2.24. The SMILES string of the molecule is CC(NC(=O)c1ccc(NS(=O)(=O)c2ccccc2)cc1)c1cccc2ccccc12. The van der Waals surface area contributed by atoms with Gasteiger partial charge in [0.1, 0.15) is 0 Å². The Hall–Kier alpha value is -3.64. The van der Waals surface area contributed by atoms with Gasteiger partial charge in [0.2, 0.25) is 0 Å². The third-order valence-electron chi connectivity index (χ3n) is 5.09. The summed E-state index contributed by atoms with van der Waals surface area (Å²) < 4.78 is 27.4. The third-order valence-corrected chi connectivity index (χ3v) is 6.49. The van der Waals surface area contributed by atoms with Crippen molar-refractivity contribution in [1.29, 1.82) is 0 Å². The van der Waals surface area contributed by atoms with E-state index in [2.05, 4.69) is 10.0 Å². The molecule has 4 aromatic carbocycles. The largest absolute Gasteiger partial charge is 0.345 e. The van der Waals surface area contributed by atoms with E-state index in [1.165, 1.54) is 12.1 Å². The first-order chi connectivity index (χ1) is 14.9.